The van der Waals surface area contributed by atoms with Gasteiger partial charge in [-0.1, -0.05) is 18.2 Å². The third kappa shape index (κ3) is 1.86. The Morgan fingerprint density at radius 3 is 3.00 bits per heavy atom. The molecular formula is C15H12N4. The van der Waals surface area contributed by atoms with Crippen LogP contribution in [0.15, 0.2) is 42.7 Å². The van der Waals surface area contributed by atoms with E-state index in [-0.39, 0.29) is 0 Å². The predicted molar refractivity (Wildman–Crippen MR) is 74.1 cm³/mol. The molecule has 3 aromatic rings. The van der Waals surface area contributed by atoms with Gasteiger partial charge in [0, 0.05) is 24.3 Å². The summed E-state index contributed by atoms with van der Waals surface area (Å²) in [5.74, 6) is 0. The fourth-order valence-corrected chi connectivity index (χ4v) is 2.25. The van der Waals surface area contributed by atoms with Crippen LogP contribution in [0.2, 0.25) is 0 Å². The van der Waals surface area contributed by atoms with Crippen LogP contribution in [0.4, 0.5) is 0 Å². The molecule has 3 rings (SSSR count). The van der Waals surface area contributed by atoms with E-state index in [0.29, 0.717) is 12.1 Å². The highest BCUT2D eigenvalue weighted by Gasteiger charge is 2.10. The maximum Gasteiger partial charge on any atom is 0.139 e. The summed E-state index contributed by atoms with van der Waals surface area (Å²) in [4.78, 5) is 7.27. The van der Waals surface area contributed by atoms with Crippen molar-refractivity contribution in [1.82, 2.24) is 9.97 Å². The lowest BCUT2D eigenvalue weighted by atomic mass is 10.00. The molecule has 0 atom stereocenters. The molecule has 0 spiro atoms. The molecule has 0 amide bonds. The van der Waals surface area contributed by atoms with Crippen LogP contribution in [0.3, 0.4) is 0 Å². The van der Waals surface area contributed by atoms with Gasteiger partial charge < -0.3 is 10.7 Å². The van der Waals surface area contributed by atoms with Gasteiger partial charge in [-0.3, -0.25) is 0 Å². The largest absolute Gasteiger partial charge is 0.345 e. The molecule has 0 bridgehead atoms. The minimum atomic E-state index is 0.500. The summed E-state index contributed by atoms with van der Waals surface area (Å²) in [6, 6.07) is 12.1. The zero-order chi connectivity index (χ0) is 13.2. The topological polar surface area (TPSA) is 78.5 Å². The summed E-state index contributed by atoms with van der Waals surface area (Å²) in [5.41, 5.74) is 10.1. The van der Waals surface area contributed by atoms with Crippen molar-refractivity contribution in [2.24, 2.45) is 5.73 Å². The minimum Gasteiger partial charge on any atom is -0.345 e. The van der Waals surface area contributed by atoms with E-state index in [9.17, 15) is 5.26 Å². The van der Waals surface area contributed by atoms with Gasteiger partial charge >= 0.3 is 0 Å². The number of pyridine rings is 1. The van der Waals surface area contributed by atoms with E-state index in [1.165, 1.54) is 0 Å². The molecule has 0 aliphatic carbocycles. The molecule has 0 radical (unpaired) electrons. The molecule has 3 N–H and O–H groups in total. The Morgan fingerprint density at radius 1 is 1.32 bits per heavy atom. The second-order valence-corrected chi connectivity index (χ2v) is 4.30. The van der Waals surface area contributed by atoms with Gasteiger partial charge in [0.2, 0.25) is 0 Å². The summed E-state index contributed by atoms with van der Waals surface area (Å²) in [7, 11) is 0. The fourth-order valence-electron chi connectivity index (χ4n) is 2.25. The number of rotatable bonds is 2. The van der Waals surface area contributed by atoms with E-state index in [1.807, 2.05) is 30.3 Å². The molecule has 2 aromatic heterocycles. The second kappa shape index (κ2) is 4.56. The quantitative estimate of drug-likeness (QED) is 0.731. The van der Waals surface area contributed by atoms with Gasteiger partial charge in [-0.05, 0) is 28.8 Å². The highest BCUT2D eigenvalue weighted by Crippen LogP contribution is 2.29. The number of nitrogens with zero attached hydrogens (tertiary/aromatic N) is 2. The molecule has 2 heterocycles. The van der Waals surface area contributed by atoms with Crippen LogP contribution in [0.1, 0.15) is 11.1 Å². The smallest absolute Gasteiger partial charge is 0.139 e. The normalized spacial score (nSPS) is 10.5. The number of nitrogens with one attached hydrogen (secondary N) is 1. The van der Waals surface area contributed by atoms with E-state index < -0.39 is 0 Å². The summed E-state index contributed by atoms with van der Waals surface area (Å²) in [6.07, 6.45) is 3.43. The van der Waals surface area contributed by atoms with Gasteiger partial charge in [-0.25, -0.2) is 4.98 Å². The monoisotopic (exact) mass is 248 g/mol. The van der Waals surface area contributed by atoms with Crippen molar-refractivity contribution in [2.45, 2.75) is 6.54 Å². The maximum absolute atomic E-state index is 9.18. The number of aromatic amines is 1. The average Bonchev–Trinajstić information content (AvgIpc) is 2.90. The van der Waals surface area contributed by atoms with Gasteiger partial charge in [-0.15, -0.1) is 0 Å². The molecule has 4 nitrogen and oxygen atoms in total. The number of aromatic nitrogens is 2. The molecule has 0 aliphatic heterocycles. The molecule has 0 unspecified atom stereocenters. The number of benzene rings is 1. The molecule has 4 heteroatoms. The van der Waals surface area contributed by atoms with Crippen LogP contribution >= 0.6 is 0 Å². The fraction of sp³-hybridized carbons (Fsp3) is 0.0667. The first-order valence-corrected chi connectivity index (χ1v) is 5.99. The van der Waals surface area contributed by atoms with E-state index in [2.05, 4.69) is 16.0 Å². The Labute approximate surface area is 110 Å². The Hall–Kier alpha value is -2.64. The van der Waals surface area contributed by atoms with Crippen molar-refractivity contribution in [3.05, 3.63) is 53.9 Å². The van der Waals surface area contributed by atoms with Gasteiger partial charge in [0.05, 0.1) is 5.56 Å². The number of hydrogen-bond acceptors (Lipinski definition) is 3. The van der Waals surface area contributed by atoms with E-state index >= 15 is 0 Å². The third-order valence-electron chi connectivity index (χ3n) is 3.17. The average molecular weight is 248 g/mol. The first-order valence-electron chi connectivity index (χ1n) is 5.99. The number of hydrogen-bond donors (Lipinski definition) is 2. The summed E-state index contributed by atoms with van der Waals surface area (Å²) < 4.78 is 0. The Morgan fingerprint density at radius 2 is 2.21 bits per heavy atom. The maximum atomic E-state index is 9.18. The molecule has 0 saturated heterocycles. The van der Waals surface area contributed by atoms with Crippen molar-refractivity contribution in [3.8, 4) is 17.2 Å². The number of nitriles is 1. The van der Waals surface area contributed by atoms with Gasteiger partial charge in [0.25, 0.3) is 0 Å². The molecule has 92 valence electrons. The minimum absolute atomic E-state index is 0.500. The highest BCUT2D eigenvalue weighted by molar-refractivity contribution is 5.97. The van der Waals surface area contributed by atoms with E-state index in [1.54, 1.807) is 12.4 Å². The lowest BCUT2D eigenvalue weighted by Gasteiger charge is -2.05. The summed E-state index contributed by atoms with van der Waals surface area (Å²) in [5, 5.41) is 10.0. The summed E-state index contributed by atoms with van der Waals surface area (Å²) >= 11 is 0. The van der Waals surface area contributed by atoms with Crippen LogP contribution < -0.4 is 5.73 Å². The van der Waals surface area contributed by atoms with Crippen molar-refractivity contribution in [3.63, 3.8) is 0 Å². The van der Waals surface area contributed by atoms with Gasteiger partial charge in [0.1, 0.15) is 11.7 Å². The van der Waals surface area contributed by atoms with Crippen LogP contribution in [-0.2, 0) is 6.54 Å². The van der Waals surface area contributed by atoms with Crippen LogP contribution in [0.5, 0.6) is 0 Å². The van der Waals surface area contributed by atoms with E-state index in [4.69, 9.17) is 5.73 Å². The number of fused-ring (bicyclic) bond motifs is 1. The summed E-state index contributed by atoms with van der Waals surface area (Å²) in [6.45, 7) is 0.500. The zero-order valence-electron chi connectivity index (χ0n) is 10.2. The first-order chi connectivity index (χ1) is 9.33. The highest BCUT2D eigenvalue weighted by atomic mass is 14.8. The van der Waals surface area contributed by atoms with Crippen molar-refractivity contribution in [1.29, 1.82) is 5.26 Å². The Bertz CT molecular complexity index is 780. The predicted octanol–water partition coefficient (Wildman–Crippen LogP) is 2.56. The molecule has 1 aromatic carbocycles. The van der Waals surface area contributed by atoms with E-state index in [0.717, 1.165) is 27.7 Å². The molecule has 0 saturated carbocycles. The van der Waals surface area contributed by atoms with Crippen LogP contribution in [-0.4, -0.2) is 9.97 Å². The number of H-pyrrole nitrogens is 1. The molecule has 0 aliphatic rings. The van der Waals surface area contributed by atoms with Crippen LogP contribution in [0, 0.1) is 11.3 Å². The first kappa shape index (κ1) is 11.5. The Balaban J connectivity index is 2.30. The zero-order valence-corrected chi connectivity index (χ0v) is 10.2. The van der Waals surface area contributed by atoms with Crippen molar-refractivity contribution >= 4 is 11.0 Å². The molecule has 19 heavy (non-hydrogen) atoms. The number of nitrogens with two attached hydrogens (primary N) is 1. The second-order valence-electron chi connectivity index (χ2n) is 4.30. The van der Waals surface area contributed by atoms with Crippen LogP contribution in [0.25, 0.3) is 22.2 Å². The van der Waals surface area contributed by atoms with Crippen molar-refractivity contribution < 1.29 is 0 Å². The third-order valence-corrected chi connectivity index (χ3v) is 3.17. The standard InChI is InChI=1S/C15H12N4/c16-7-10-2-1-3-11(6-10)13-4-5-18-15-14(13)12(8-17)9-19-15/h1-6,9H,7,16H2,(H,18,19). The lowest BCUT2D eigenvalue weighted by Crippen LogP contribution is -1.96. The van der Waals surface area contributed by atoms with Crippen molar-refractivity contribution in [2.75, 3.05) is 0 Å². The molecular weight excluding hydrogens is 236 g/mol. The lowest BCUT2D eigenvalue weighted by molar-refractivity contribution is 1.07. The SMILES string of the molecule is N#Cc1c[nH]c2nccc(-c3cccc(CN)c3)c12. The van der Waals surface area contributed by atoms with Gasteiger partial charge in [-0.2, -0.15) is 5.26 Å². The Kier molecular flexibility index (Phi) is 2.75. The van der Waals surface area contributed by atoms with Gasteiger partial charge in [0.15, 0.2) is 0 Å². The molecule has 0 fully saturated rings.